The Bertz CT molecular complexity index is 1020. The van der Waals surface area contributed by atoms with Crippen molar-refractivity contribution in [1.29, 1.82) is 0 Å². The van der Waals surface area contributed by atoms with Crippen molar-refractivity contribution >= 4 is 22.5 Å². The predicted molar refractivity (Wildman–Crippen MR) is 104 cm³/mol. The van der Waals surface area contributed by atoms with Gasteiger partial charge in [0.05, 0.1) is 16.5 Å². The summed E-state index contributed by atoms with van der Waals surface area (Å²) in [7, 11) is 3.90. The summed E-state index contributed by atoms with van der Waals surface area (Å²) >= 11 is 0. The molecule has 1 aromatic carbocycles. The van der Waals surface area contributed by atoms with E-state index in [1.807, 2.05) is 37.2 Å². The molecule has 0 saturated heterocycles. The Hall–Kier alpha value is -2.73. The van der Waals surface area contributed by atoms with Crippen molar-refractivity contribution in [2.45, 2.75) is 19.8 Å². The maximum Gasteiger partial charge on any atom is 0.265 e. The number of benzene rings is 1. The van der Waals surface area contributed by atoms with Gasteiger partial charge in [-0.3, -0.25) is 14.0 Å². The number of hydrogen-bond donors (Lipinski definition) is 1. The maximum atomic E-state index is 12.9. The lowest BCUT2D eigenvalue weighted by Crippen LogP contribution is -2.31. The zero-order chi connectivity index (χ0) is 18.8. The topological polar surface area (TPSA) is 66.7 Å². The van der Waals surface area contributed by atoms with Crippen LogP contribution in [0.2, 0.25) is 0 Å². The second-order valence-corrected chi connectivity index (χ2v) is 7.05. The van der Waals surface area contributed by atoms with Crippen LogP contribution >= 0.6 is 0 Å². The molecule has 1 amide bonds. The molecule has 0 saturated carbocycles. The number of nitrogens with zero attached hydrogens (tertiary/aromatic N) is 3. The van der Waals surface area contributed by atoms with Gasteiger partial charge in [-0.25, -0.2) is 4.98 Å². The van der Waals surface area contributed by atoms with Gasteiger partial charge in [0.25, 0.3) is 11.5 Å². The van der Waals surface area contributed by atoms with E-state index in [-0.39, 0.29) is 11.5 Å². The van der Waals surface area contributed by atoms with Gasteiger partial charge in [-0.2, -0.15) is 0 Å². The molecule has 0 radical (unpaired) electrons. The van der Waals surface area contributed by atoms with Crippen LogP contribution in [-0.4, -0.2) is 47.4 Å². The van der Waals surface area contributed by atoms with Gasteiger partial charge in [0.15, 0.2) is 0 Å². The summed E-state index contributed by atoms with van der Waals surface area (Å²) in [6.07, 6.45) is 1.57. The van der Waals surface area contributed by atoms with E-state index in [1.165, 1.54) is 4.40 Å². The number of rotatable bonds is 5. The number of carbonyl (C=O) groups excluding carboxylic acids is 1. The average Bonchev–Trinajstić information content (AvgIpc) is 2.61. The molecule has 1 N–H and O–H groups in total. The third-order valence-corrected chi connectivity index (χ3v) is 4.41. The molecule has 0 unspecified atom stereocenters. The van der Waals surface area contributed by atoms with E-state index < -0.39 is 0 Å². The quantitative estimate of drug-likeness (QED) is 0.715. The summed E-state index contributed by atoms with van der Waals surface area (Å²) in [6, 6.07) is 9.18. The highest BCUT2D eigenvalue weighted by molar-refractivity contribution is 5.94. The molecule has 0 atom stereocenters. The molecule has 3 rings (SSSR count). The number of amides is 1. The molecule has 136 valence electrons. The van der Waals surface area contributed by atoms with Gasteiger partial charge in [0.1, 0.15) is 5.65 Å². The number of aromatic nitrogens is 2. The van der Waals surface area contributed by atoms with Gasteiger partial charge < -0.3 is 10.2 Å². The lowest BCUT2D eigenvalue weighted by molar-refractivity contribution is 0.0950. The van der Waals surface area contributed by atoms with Crippen LogP contribution in [0.15, 0.2) is 41.3 Å². The van der Waals surface area contributed by atoms with Crippen LogP contribution in [0.5, 0.6) is 0 Å². The molecule has 0 bridgehead atoms. The van der Waals surface area contributed by atoms with Crippen LogP contribution in [0, 0.1) is 0 Å². The predicted octanol–water partition coefficient (Wildman–Crippen LogP) is 2.26. The standard InChI is InChI=1S/C20H24N4O2/c1-13(2)14-5-7-17-16(11-14)20(26)24-12-15(6-8-18(24)22-17)19(25)21-9-10-23(3)4/h5-8,11-13H,9-10H2,1-4H3,(H,21,25). The second kappa shape index (κ2) is 7.25. The Kier molecular flexibility index (Phi) is 5.04. The number of carbonyl (C=O) groups is 1. The lowest BCUT2D eigenvalue weighted by atomic mass is 10.0. The molecule has 6 nitrogen and oxygen atoms in total. The molecular formula is C20H24N4O2. The molecule has 26 heavy (non-hydrogen) atoms. The molecular weight excluding hydrogens is 328 g/mol. The number of hydrogen-bond acceptors (Lipinski definition) is 4. The van der Waals surface area contributed by atoms with Crippen LogP contribution < -0.4 is 10.9 Å². The highest BCUT2D eigenvalue weighted by Gasteiger charge is 2.11. The summed E-state index contributed by atoms with van der Waals surface area (Å²) in [5.41, 5.74) is 2.58. The Morgan fingerprint density at radius 1 is 1.23 bits per heavy atom. The van der Waals surface area contributed by atoms with Crippen molar-refractivity contribution in [3.63, 3.8) is 0 Å². The smallest absolute Gasteiger partial charge is 0.265 e. The first kappa shape index (κ1) is 18.1. The Balaban J connectivity index is 2.02. The summed E-state index contributed by atoms with van der Waals surface area (Å²) in [4.78, 5) is 31.8. The molecule has 0 fully saturated rings. The SMILES string of the molecule is CC(C)c1ccc2nc3ccc(C(=O)NCCN(C)C)cn3c(=O)c2c1. The van der Waals surface area contributed by atoms with Gasteiger partial charge in [-0.05, 0) is 49.8 Å². The number of fused-ring (bicyclic) bond motifs is 2. The van der Waals surface area contributed by atoms with E-state index in [1.54, 1.807) is 18.3 Å². The fourth-order valence-corrected chi connectivity index (χ4v) is 2.81. The van der Waals surface area contributed by atoms with Gasteiger partial charge in [0.2, 0.25) is 0 Å². The Morgan fingerprint density at radius 2 is 2.00 bits per heavy atom. The summed E-state index contributed by atoms with van der Waals surface area (Å²) in [5, 5.41) is 3.43. The fraction of sp³-hybridized carbons (Fsp3) is 0.350. The minimum Gasteiger partial charge on any atom is -0.351 e. The van der Waals surface area contributed by atoms with Crippen molar-refractivity contribution in [3.8, 4) is 0 Å². The van der Waals surface area contributed by atoms with Crippen molar-refractivity contribution < 1.29 is 4.79 Å². The fourth-order valence-electron chi connectivity index (χ4n) is 2.81. The molecule has 2 heterocycles. The van der Waals surface area contributed by atoms with E-state index in [0.717, 1.165) is 12.1 Å². The summed E-state index contributed by atoms with van der Waals surface area (Å²) in [5.74, 6) is 0.130. The first-order valence-corrected chi connectivity index (χ1v) is 8.76. The monoisotopic (exact) mass is 352 g/mol. The van der Waals surface area contributed by atoms with E-state index >= 15 is 0 Å². The number of likely N-dealkylation sites (N-methyl/N-ethyl adjacent to an activating group) is 1. The van der Waals surface area contributed by atoms with Gasteiger partial charge in [0, 0.05) is 19.3 Å². The van der Waals surface area contributed by atoms with Gasteiger partial charge in [-0.1, -0.05) is 19.9 Å². The zero-order valence-corrected chi connectivity index (χ0v) is 15.6. The normalized spacial score (nSPS) is 11.6. The molecule has 0 aliphatic carbocycles. The van der Waals surface area contributed by atoms with Crippen LogP contribution in [0.4, 0.5) is 0 Å². The van der Waals surface area contributed by atoms with Gasteiger partial charge >= 0.3 is 0 Å². The minimum absolute atomic E-state index is 0.157. The first-order chi connectivity index (χ1) is 12.4. The third-order valence-electron chi connectivity index (χ3n) is 4.41. The second-order valence-electron chi connectivity index (χ2n) is 7.05. The molecule has 0 aliphatic rings. The highest BCUT2D eigenvalue weighted by atomic mass is 16.1. The molecule has 3 aromatic rings. The number of pyridine rings is 1. The van der Waals surface area contributed by atoms with Crippen LogP contribution in [-0.2, 0) is 0 Å². The zero-order valence-electron chi connectivity index (χ0n) is 15.6. The highest BCUT2D eigenvalue weighted by Crippen LogP contribution is 2.19. The third kappa shape index (κ3) is 3.60. The molecule has 0 aliphatic heterocycles. The van der Waals surface area contributed by atoms with Crippen molar-refractivity contribution in [2.24, 2.45) is 0 Å². The van der Waals surface area contributed by atoms with Crippen molar-refractivity contribution in [3.05, 3.63) is 58.0 Å². The first-order valence-electron chi connectivity index (χ1n) is 8.76. The lowest BCUT2D eigenvalue weighted by Gasteiger charge is -2.11. The average molecular weight is 352 g/mol. The largest absolute Gasteiger partial charge is 0.351 e. The molecule has 6 heteroatoms. The summed E-state index contributed by atoms with van der Waals surface area (Å²) in [6.45, 7) is 5.47. The molecule has 2 aromatic heterocycles. The van der Waals surface area contributed by atoms with Crippen molar-refractivity contribution in [2.75, 3.05) is 27.2 Å². The number of nitrogens with one attached hydrogen (secondary N) is 1. The van der Waals surface area contributed by atoms with Crippen LogP contribution in [0.3, 0.4) is 0 Å². The maximum absolute atomic E-state index is 12.9. The van der Waals surface area contributed by atoms with Crippen molar-refractivity contribution in [1.82, 2.24) is 19.6 Å². The van der Waals surface area contributed by atoms with Crippen LogP contribution in [0.1, 0.15) is 35.7 Å². The van der Waals surface area contributed by atoms with E-state index in [9.17, 15) is 9.59 Å². The van der Waals surface area contributed by atoms with E-state index in [0.29, 0.717) is 34.6 Å². The Labute approximate surface area is 152 Å². The van der Waals surface area contributed by atoms with E-state index in [4.69, 9.17) is 0 Å². The summed E-state index contributed by atoms with van der Waals surface area (Å²) < 4.78 is 1.45. The van der Waals surface area contributed by atoms with Crippen LogP contribution in [0.25, 0.3) is 16.6 Å². The molecule has 0 spiro atoms. The van der Waals surface area contributed by atoms with E-state index in [2.05, 4.69) is 24.1 Å². The van der Waals surface area contributed by atoms with Gasteiger partial charge in [-0.15, -0.1) is 0 Å². The minimum atomic E-state index is -0.198. The Morgan fingerprint density at radius 3 is 2.69 bits per heavy atom.